The third-order valence-electron chi connectivity index (χ3n) is 3.15. The van der Waals surface area contributed by atoms with Gasteiger partial charge in [-0.2, -0.15) is 0 Å². The van der Waals surface area contributed by atoms with Gasteiger partial charge in [-0.3, -0.25) is 5.32 Å². The molecule has 1 unspecified atom stereocenters. The van der Waals surface area contributed by atoms with Crippen molar-refractivity contribution in [2.75, 3.05) is 5.32 Å². The van der Waals surface area contributed by atoms with Crippen LogP contribution in [0.5, 0.6) is 5.75 Å². The number of carbonyl (C=O) groups is 1. The summed E-state index contributed by atoms with van der Waals surface area (Å²) in [4.78, 5) is 11.8. The number of hydrogen-bond donors (Lipinski definition) is 3. The number of aliphatic hydroxyl groups excluding tert-OH is 1. The lowest BCUT2D eigenvalue weighted by molar-refractivity contribution is 0.0636. The molecule has 0 radical (unpaired) electrons. The van der Waals surface area contributed by atoms with Crippen LogP contribution in [0.25, 0.3) is 0 Å². The molecule has 0 saturated carbocycles. The van der Waals surface area contributed by atoms with E-state index in [4.69, 9.17) is 4.74 Å². The number of aromatic hydroxyl groups is 1. The molecule has 0 heterocycles. The molecule has 0 aromatic heterocycles. The van der Waals surface area contributed by atoms with Crippen molar-refractivity contribution in [2.45, 2.75) is 32.5 Å². The number of hydrogen-bond acceptors (Lipinski definition) is 4. The molecule has 2 aromatic rings. The van der Waals surface area contributed by atoms with Crippen molar-refractivity contribution in [3.05, 3.63) is 58.1 Å². The minimum absolute atomic E-state index is 0.141. The molecule has 2 aromatic carbocycles. The lowest BCUT2D eigenvalue weighted by atomic mass is 10.0. The van der Waals surface area contributed by atoms with Gasteiger partial charge in [0.15, 0.2) is 0 Å². The quantitative estimate of drug-likeness (QED) is 0.712. The van der Waals surface area contributed by atoms with Crippen molar-refractivity contribution in [3.8, 4) is 5.75 Å². The number of phenolic OH excluding ortho intramolecular Hbond substituents is 1. The summed E-state index contributed by atoms with van der Waals surface area (Å²) in [5.74, 6) is 0.141. The Morgan fingerprint density at radius 3 is 2.33 bits per heavy atom. The molecular weight excluding hydrogens is 374 g/mol. The minimum Gasteiger partial charge on any atom is -0.508 e. The van der Waals surface area contributed by atoms with Gasteiger partial charge in [-0.25, -0.2) is 4.79 Å². The fraction of sp³-hybridized carbons (Fsp3) is 0.278. The molecule has 0 aliphatic heterocycles. The minimum atomic E-state index is -0.851. The van der Waals surface area contributed by atoms with Gasteiger partial charge in [0, 0.05) is 10.2 Å². The van der Waals surface area contributed by atoms with Crippen molar-refractivity contribution in [1.82, 2.24) is 0 Å². The second-order valence-corrected chi connectivity index (χ2v) is 7.21. The zero-order chi connectivity index (χ0) is 17.9. The summed E-state index contributed by atoms with van der Waals surface area (Å²) in [6.07, 6.45) is -1.39. The van der Waals surface area contributed by atoms with E-state index in [1.807, 2.05) is 0 Å². The number of aliphatic hydroxyl groups is 1. The second kappa shape index (κ2) is 7.23. The molecule has 0 bridgehead atoms. The van der Waals surface area contributed by atoms with Crippen LogP contribution in [-0.2, 0) is 4.74 Å². The predicted molar refractivity (Wildman–Crippen MR) is 96.2 cm³/mol. The van der Waals surface area contributed by atoms with Crippen molar-refractivity contribution < 1.29 is 19.7 Å². The van der Waals surface area contributed by atoms with Crippen molar-refractivity contribution in [2.24, 2.45) is 0 Å². The van der Waals surface area contributed by atoms with Crippen LogP contribution in [0.4, 0.5) is 10.5 Å². The molecule has 0 aliphatic carbocycles. The van der Waals surface area contributed by atoms with E-state index >= 15 is 0 Å². The molecule has 0 saturated heterocycles. The Kier molecular flexibility index (Phi) is 5.51. The highest BCUT2D eigenvalue weighted by molar-refractivity contribution is 9.10. The summed E-state index contributed by atoms with van der Waals surface area (Å²) in [7, 11) is 0. The fourth-order valence-electron chi connectivity index (χ4n) is 2.08. The Balaban J connectivity index is 2.14. The molecule has 5 nitrogen and oxygen atoms in total. The Morgan fingerprint density at radius 2 is 1.79 bits per heavy atom. The SMILES string of the molecule is CC(C)(C)OC(=O)Nc1ccc(C(O)c2ccc(O)cc2)c(Br)c1. The normalized spacial score (nSPS) is 12.5. The number of ether oxygens (including phenoxy) is 1. The first-order chi connectivity index (χ1) is 11.2. The highest BCUT2D eigenvalue weighted by atomic mass is 79.9. The van der Waals surface area contributed by atoms with Crippen molar-refractivity contribution in [1.29, 1.82) is 0 Å². The van der Waals surface area contributed by atoms with Crippen LogP contribution >= 0.6 is 15.9 Å². The van der Waals surface area contributed by atoms with Crippen LogP contribution in [0.3, 0.4) is 0 Å². The molecule has 24 heavy (non-hydrogen) atoms. The zero-order valence-corrected chi connectivity index (χ0v) is 15.3. The van der Waals surface area contributed by atoms with E-state index < -0.39 is 17.8 Å². The lowest BCUT2D eigenvalue weighted by Gasteiger charge is -2.20. The van der Waals surface area contributed by atoms with Crippen LogP contribution in [0.2, 0.25) is 0 Å². The Hall–Kier alpha value is -2.05. The lowest BCUT2D eigenvalue weighted by Crippen LogP contribution is -2.27. The van der Waals surface area contributed by atoms with E-state index in [1.165, 1.54) is 12.1 Å². The van der Waals surface area contributed by atoms with E-state index in [0.29, 0.717) is 21.3 Å². The molecule has 0 fully saturated rings. The maximum absolute atomic E-state index is 11.8. The molecule has 1 amide bonds. The maximum atomic E-state index is 11.8. The van der Waals surface area contributed by atoms with Crippen LogP contribution < -0.4 is 5.32 Å². The number of anilines is 1. The molecule has 2 rings (SSSR count). The summed E-state index contributed by atoms with van der Waals surface area (Å²) >= 11 is 3.41. The van der Waals surface area contributed by atoms with E-state index in [0.717, 1.165) is 0 Å². The van der Waals surface area contributed by atoms with Crippen LogP contribution in [-0.4, -0.2) is 21.9 Å². The maximum Gasteiger partial charge on any atom is 0.412 e. The van der Waals surface area contributed by atoms with E-state index in [2.05, 4.69) is 21.2 Å². The average molecular weight is 394 g/mol. The first-order valence-electron chi connectivity index (χ1n) is 7.42. The summed E-state index contributed by atoms with van der Waals surface area (Å²) < 4.78 is 5.85. The number of nitrogens with one attached hydrogen (secondary N) is 1. The van der Waals surface area contributed by atoms with Crippen LogP contribution in [0.15, 0.2) is 46.9 Å². The molecule has 1 atom stereocenters. The number of carbonyl (C=O) groups excluding carboxylic acids is 1. The summed E-state index contributed by atoms with van der Waals surface area (Å²) in [6, 6.07) is 11.4. The van der Waals surface area contributed by atoms with E-state index in [-0.39, 0.29) is 5.75 Å². The van der Waals surface area contributed by atoms with Gasteiger partial charge in [0.25, 0.3) is 0 Å². The Morgan fingerprint density at radius 1 is 1.17 bits per heavy atom. The monoisotopic (exact) mass is 393 g/mol. The predicted octanol–water partition coefficient (Wildman–Crippen LogP) is 4.58. The zero-order valence-electron chi connectivity index (χ0n) is 13.7. The number of benzene rings is 2. The van der Waals surface area contributed by atoms with Gasteiger partial charge in [0.05, 0.1) is 0 Å². The molecule has 0 aliphatic rings. The standard InChI is InChI=1S/C18H20BrNO4/c1-18(2,3)24-17(23)20-12-6-9-14(15(19)10-12)16(22)11-4-7-13(21)8-5-11/h4-10,16,21-22H,1-3H3,(H,20,23). The third kappa shape index (κ3) is 4.97. The summed E-state index contributed by atoms with van der Waals surface area (Å²) in [5, 5.41) is 22.4. The Labute approximate surface area is 149 Å². The highest BCUT2D eigenvalue weighted by Crippen LogP contribution is 2.31. The van der Waals surface area contributed by atoms with Gasteiger partial charge in [-0.05, 0) is 56.2 Å². The second-order valence-electron chi connectivity index (χ2n) is 6.36. The van der Waals surface area contributed by atoms with E-state index in [9.17, 15) is 15.0 Å². The van der Waals surface area contributed by atoms with Gasteiger partial charge in [-0.15, -0.1) is 0 Å². The molecule has 3 N–H and O–H groups in total. The van der Waals surface area contributed by atoms with Gasteiger partial charge in [0.2, 0.25) is 0 Å². The number of amides is 1. The topological polar surface area (TPSA) is 78.8 Å². The molecule has 128 valence electrons. The number of halogens is 1. The van der Waals surface area contributed by atoms with Crippen LogP contribution in [0.1, 0.15) is 38.0 Å². The fourth-order valence-corrected chi connectivity index (χ4v) is 2.68. The largest absolute Gasteiger partial charge is 0.508 e. The summed E-state index contributed by atoms with van der Waals surface area (Å²) in [6.45, 7) is 5.37. The van der Waals surface area contributed by atoms with Crippen molar-refractivity contribution >= 4 is 27.7 Å². The Bertz CT molecular complexity index is 723. The third-order valence-corrected chi connectivity index (χ3v) is 3.84. The molecule has 0 spiro atoms. The van der Waals surface area contributed by atoms with Gasteiger partial charge < -0.3 is 14.9 Å². The van der Waals surface area contributed by atoms with E-state index in [1.54, 1.807) is 51.1 Å². The average Bonchev–Trinajstić information content (AvgIpc) is 2.45. The number of rotatable bonds is 3. The molecule has 6 heteroatoms. The smallest absolute Gasteiger partial charge is 0.412 e. The molecular formula is C18H20BrNO4. The summed E-state index contributed by atoms with van der Waals surface area (Å²) in [5.41, 5.74) is 1.28. The van der Waals surface area contributed by atoms with Crippen molar-refractivity contribution in [3.63, 3.8) is 0 Å². The first-order valence-corrected chi connectivity index (χ1v) is 8.21. The van der Waals surface area contributed by atoms with Crippen LogP contribution in [0, 0.1) is 0 Å². The first kappa shape index (κ1) is 18.3. The van der Waals surface area contributed by atoms with Gasteiger partial charge in [-0.1, -0.05) is 34.1 Å². The van der Waals surface area contributed by atoms with Gasteiger partial charge >= 0.3 is 6.09 Å². The van der Waals surface area contributed by atoms with Gasteiger partial charge in [0.1, 0.15) is 17.5 Å². The highest BCUT2D eigenvalue weighted by Gasteiger charge is 2.18. The number of phenols is 1.